The monoisotopic (exact) mass is 342 g/mol. The second-order valence-corrected chi connectivity index (χ2v) is 6.09. The van der Waals surface area contributed by atoms with E-state index in [-0.39, 0.29) is 11.7 Å². The third kappa shape index (κ3) is 6.77. The number of methoxy groups -OCH3 is 1. The number of amides is 1. The van der Waals surface area contributed by atoms with Crippen LogP contribution in [0.15, 0.2) is 24.3 Å². The van der Waals surface area contributed by atoms with Crippen LogP contribution in [-0.2, 0) is 16.1 Å². The molecular weight excluding hydrogens is 324 g/mol. The van der Waals surface area contributed by atoms with Crippen molar-refractivity contribution in [3.8, 4) is 5.75 Å². The SMILES string of the molecule is COc1ccc(CNC(=S)SC[C@H](NC(C)=O)C(=O)O)cc1. The summed E-state index contributed by atoms with van der Waals surface area (Å²) in [4.78, 5) is 21.9. The van der Waals surface area contributed by atoms with Gasteiger partial charge in [-0.05, 0) is 17.7 Å². The summed E-state index contributed by atoms with van der Waals surface area (Å²) in [5.41, 5.74) is 1.03. The van der Waals surface area contributed by atoms with Crippen LogP contribution in [0, 0.1) is 0 Å². The van der Waals surface area contributed by atoms with Crippen LogP contribution in [0.5, 0.6) is 5.75 Å². The minimum atomic E-state index is -1.08. The molecular formula is C14H18N2O4S2. The predicted molar refractivity (Wildman–Crippen MR) is 90.1 cm³/mol. The fourth-order valence-electron chi connectivity index (χ4n) is 1.55. The first-order valence-corrected chi connectivity index (χ1v) is 7.85. The second-order valence-electron chi connectivity index (χ2n) is 4.39. The lowest BCUT2D eigenvalue weighted by molar-refractivity contribution is -0.140. The van der Waals surface area contributed by atoms with Gasteiger partial charge in [0.05, 0.1) is 7.11 Å². The molecule has 0 bridgehead atoms. The average Bonchev–Trinajstić information content (AvgIpc) is 2.49. The van der Waals surface area contributed by atoms with Crippen molar-refractivity contribution in [2.45, 2.75) is 19.5 Å². The molecule has 1 amide bonds. The molecule has 0 aliphatic heterocycles. The van der Waals surface area contributed by atoms with Crippen LogP contribution in [0.2, 0.25) is 0 Å². The average molecular weight is 342 g/mol. The molecule has 1 rings (SSSR count). The molecule has 0 unspecified atom stereocenters. The van der Waals surface area contributed by atoms with Gasteiger partial charge in [-0.2, -0.15) is 0 Å². The van der Waals surface area contributed by atoms with E-state index in [9.17, 15) is 9.59 Å². The van der Waals surface area contributed by atoms with Crippen LogP contribution in [0.3, 0.4) is 0 Å². The molecule has 0 saturated heterocycles. The molecule has 0 spiro atoms. The maximum atomic E-state index is 11.0. The number of carbonyl (C=O) groups excluding carboxylic acids is 1. The van der Waals surface area contributed by atoms with Gasteiger partial charge in [-0.25, -0.2) is 4.79 Å². The van der Waals surface area contributed by atoms with Gasteiger partial charge in [-0.3, -0.25) is 4.79 Å². The van der Waals surface area contributed by atoms with Crippen LogP contribution in [-0.4, -0.2) is 40.2 Å². The zero-order chi connectivity index (χ0) is 16.5. The number of carboxylic acids is 1. The first-order chi connectivity index (χ1) is 10.4. The van der Waals surface area contributed by atoms with Gasteiger partial charge >= 0.3 is 5.97 Å². The highest BCUT2D eigenvalue weighted by Crippen LogP contribution is 2.12. The number of carboxylic acid groups (broad SMARTS) is 1. The summed E-state index contributed by atoms with van der Waals surface area (Å²) in [6, 6.07) is 6.57. The van der Waals surface area contributed by atoms with E-state index < -0.39 is 12.0 Å². The zero-order valence-corrected chi connectivity index (χ0v) is 13.9. The Kier molecular flexibility index (Phi) is 7.69. The number of hydrogen-bond donors (Lipinski definition) is 3. The van der Waals surface area contributed by atoms with Crippen molar-refractivity contribution in [1.82, 2.24) is 10.6 Å². The number of nitrogens with one attached hydrogen (secondary N) is 2. The zero-order valence-electron chi connectivity index (χ0n) is 12.3. The van der Waals surface area contributed by atoms with E-state index >= 15 is 0 Å². The Hall–Kier alpha value is -1.80. The number of thioether (sulfide) groups is 1. The number of ether oxygens (including phenoxy) is 1. The van der Waals surface area contributed by atoms with Gasteiger partial charge in [0.2, 0.25) is 5.91 Å². The minimum absolute atomic E-state index is 0.170. The van der Waals surface area contributed by atoms with E-state index in [0.29, 0.717) is 10.9 Å². The molecule has 1 aromatic rings. The van der Waals surface area contributed by atoms with Crippen LogP contribution in [0.4, 0.5) is 0 Å². The number of carbonyl (C=O) groups is 2. The van der Waals surface area contributed by atoms with Crippen LogP contribution < -0.4 is 15.4 Å². The standard InChI is InChI=1S/C14H18N2O4S2/c1-9(17)16-12(13(18)19)8-22-14(21)15-7-10-3-5-11(20-2)6-4-10/h3-6,12H,7-8H2,1-2H3,(H,15,21)(H,16,17)(H,18,19)/t12-/m0/s1. The summed E-state index contributed by atoms with van der Waals surface area (Å²) >= 11 is 6.32. The Labute approximate surface area is 138 Å². The van der Waals surface area contributed by atoms with Gasteiger partial charge in [0.25, 0.3) is 0 Å². The summed E-state index contributed by atoms with van der Waals surface area (Å²) in [6.07, 6.45) is 0. The largest absolute Gasteiger partial charge is 0.497 e. The lowest BCUT2D eigenvalue weighted by Gasteiger charge is -2.13. The van der Waals surface area contributed by atoms with Crippen molar-refractivity contribution in [1.29, 1.82) is 0 Å². The smallest absolute Gasteiger partial charge is 0.327 e. The van der Waals surface area contributed by atoms with Crippen molar-refractivity contribution in [2.24, 2.45) is 0 Å². The van der Waals surface area contributed by atoms with E-state index in [2.05, 4.69) is 10.6 Å². The topological polar surface area (TPSA) is 87.7 Å². The summed E-state index contributed by atoms with van der Waals surface area (Å²) in [5.74, 6) is -0.519. The van der Waals surface area contributed by atoms with Crippen LogP contribution >= 0.6 is 24.0 Å². The third-order valence-corrected chi connectivity index (χ3v) is 4.06. The molecule has 8 heteroatoms. The molecule has 1 aromatic carbocycles. The molecule has 22 heavy (non-hydrogen) atoms. The summed E-state index contributed by atoms with van der Waals surface area (Å²) < 4.78 is 5.55. The van der Waals surface area contributed by atoms with Gasteiger partial charge in [0.15, 0.2) is 0 Å². The maximum absolute atomic E-state index is 11.0. The fourth-order valence-corrected chi connectivity index (χ4v) is 2.54. The first-order valence-electron chi connectivity index (χ1n) is 6.46. The van der Waals surface area contributed by atoms with E-state index in [1.54, 1.807) is 7.11 Å². The number of hydrogen-bond acceptors (Lipinski definition) is 5. The highest BCUT2D eigenvalue weighted by Gasteiger charge is 2.18. The fraction of sp³-hybridized carbons (Fsp3) is 0.357. The highest BCUT2D eigenvalue weighted by molar-refractivity contribution is 8.23. The van der Waals surface area contributed by atoms with Crippen molar-refractivity contribution >= 4 is 40.2 Å². The first kappa shape index (κ1) is 18.2. The number of thiocarbonyl (C=S) groups is 1. The summed E-state index contributed by atoms with van der Waals surface area (Å²) in [6.45, 7) is 1.81. The lowest BCUT2D eigenvalue weighted by atomic mass is 10.2. The molecule has 0 aromatic heterocycles. The van der Waals surface area contributed by atoms with E-state index in [0.717, 1.165) is 11.3 Å². The normalized spacial score (nSPS) is 11.4. The Morgan fingerprint density at radius 2 is 2.00 bits per heavy atom. The summed E-state index contributed by atoms with van der Waals surface area (Å²) in [7, 11) is 1.60. The molecule has 0 aliphatic carbocycles. The minimum Gasteiger partial charge on any atom is -0.497 e. The second kappa shape index (κ2) is 9.26. The van der Waals surface area contributed by atoms with E-state index in [4.69, 9.17) is 22.1 Å². The number of benzene rings is 1. The van der Waals surface area contributed by atoms with Crippen molar-refractivity contribution in [3.63, 3.8) is 0 Å². The van der Waals surface area contributed by atoms with E-state index in [1.807, 2.05) is 24.3 Å². The molecule has 3 N–H and O–H groups in total. The molecule has 1 atom stereocenters. The maximum Gasteiger partial charge on any atom is 0.327 e. The number of rotatable bonds is 7. The number of aliphatic carboxylic acids is 1. The third-order valence-electron chi connectivity index (χ3n) is 2.65. The summed E-state index contributed by atoms with van der Waals surface area (Å²) in [5, 5.41) is 14.4. The van der Waals surface area contributed by atoms with Gasteiger partial charge in [-0.1, -0.05) is 36.1 Å². The Balaban J connectivity index is 2.38. The van der Waals surface area contributed by atoms with E-state index in [1.165, 1.54) is 18.7 Å². The van der Waals surface area contributed by atoms with Gasteiger partial charge < -0.3 is 20.5 Å². The Bertz CT molecular complexity index is 534. The molecule has 120 valence electrons. The predicted octanol–water partition coefficient (Wildman–Crippen LogP) is 1.39. The molecule has 0 fully saturated rings. The van der Waals surface area contributed by atoms with Crippen molar-refractivity contribution < 1.29 is 19.4 Å². The molecule has 0 radical (unpaired) electrons. The van der Waals surface area contributed by atoms with Gasteiger partial charge in [0, 0.05) is 19.2 Å². The Morgan fingerprint density at radius 1 is 1.36 bits per heavy atom. The van der Waals surface area contributed by atoms with Crippen molar-refractivity contribution in [3.05, 3.63) is 29.8 Å². The van der Waals surface area contributed by atoms with Crippen LogP contribution in [0.1, 0.15) is 12.5 Å². The Morgan fingerprint density at radius 3 is 2.50 bits per heavy atom. The molecule has 0 aliphatic rings. The van der Waals surface area contributed by atoms with Gasteiger partial charge in [-0.15, -0.1) is 0 Å². The van der Waals surface area contributed by atoms with Crippen LogP contribution in [0.25, 0.3) is 0 Å². The quantitative estimate of drug-likeness (QED) is 0.646. The van der Waals surface area contributed by atoms with Gasteiger partial charge in [0.1, 0.15) is 16.1 Å². The van der Waals surface area contributed by atoms with Crippen molar-refractivity contribution in [2.75, 3.05) is 12.9 Å². The molecule has 0 heterocycles. The highest BCUT2D eigenvalue weighted by atomic mass is 32.2. The lowest BCUT2D eigenvalue weighted by Crippen LogP contribution is -2.42. The molecule has 0 saturated carbocycles. The molecule has 6 nitrogen and oxygen atoms in total.